The normalized spacial score (nSPS) is 11.3. The third kappa shape index (κ3) is 4.01. The Morgan fingerprint density at radius 3 is 3.00 bits per heavy atom. The predicted molar refractivity (Wildman–Crippen MR) is 97.4 cm³/mol. The number of nitrogens with zero attached hydrogens (tertiary/aromatic N) is 1. The molecule has 6 heteroatoms. The van der Waals surface area contributed by atoms with Gasteiger partial charge in [0.25, 0.3) is 5.91 Å². The Hall–Kier alpha value is -2.18. The number of thiazole rings is 1. The summed E-state index contributed by atoms with van der Waals surface area (Å²) in [4.78, 5) is 19.9. The monoisotopic (exact) mass is 343 g/mol. The topological polar surface area (TPSA) is 67.0 Å². The van der Waals surface area contributed by atoms with Crippen LogP contribution in [0.15, 0.2) is 35.7 Å². The van der Waals surface area contributed by atoms with Gasteiger partial charge in [-0.05, 0) is 32.4 Å². The highest BCUT2D eigenvalue weighted by Crippen LogP contribution is 2.26. The fourth-order valence-electron chi connectivity index (χ4n) is 2.37. The molecule has 2 N–H and O–H groups in total. The van der Waals surface area contributed by atoms with E-state index in [1.807, 2.05) is 32.0 Å². The molecule has 0 saturated heterocycles. The summed E-state index contributed by atoms with van der Waals surface area (Å²) in [5.41, 5.74) is 2.46. The first-order valence-electron chi connectivity index (χ1n) is 8.07. The standard InChI is InChI=1S/C18H21N3O2S/c1-12(2)23-9-5-8-19-17(22)16-11-24-18(21-16)15-10-13-6-3-4-7-14(13)20-15/h3-4,6-7,10-12,20H,5,8-9H2,1-2H3,(H,19,22). The molecular weight excluding hydrogens is 322 g/mol. The van der Waals surface area contributed by atoms with E-state index < -0.39 is 0 Å². The van der Waals surface area contributed by atoms with E-state index in [1.165, 1.54) is 11.3 Å². The molecule has 0 atom stereocenters. The fraction of sp³-hybridized carbons (Fsp3) is 0.333. The number of aromatic nitrogens is 2. The van der Waals surface area contributed by atoms with Crippen molar-refractivity contribution >= 4 is 28.1 Å². The van der Waals surface area contributed by atoms with Crippen LogP contribution in [0.3, 0.4) is 0 Å². The highest BCUT2D eigenvalue weighted by molar-refractivity contribution is 7.13. The largest absolute Gasteiger partial charge is 0.379 e. The van der Waals surface area contributed by atoms with Crippen LogP contribution in [0.4, 0.5) is 0 Å². The lowest BCUT2D eigenvalue weighted by atomic mass is 10.2. The van der Waals surface area contributed by atoms with Crippen molar-refractivity contribution in [3.63, 3.8) is 0 Å². The van der Waals surface area contributed by atoms with E-state index in [0.29, 0.717) is 18.8 Å². The van der Waals surface area contributed by atoms with Crippen LogP contribution in [0.1, 0.15) is 30.8 Å². The molecule has 0 fully saturated rings. The summed E-state index contributed by atoms with van der Waals surface area (Å²) < 4.78 is 5.45. The van der Waals surface area contributed by atoms with Crippen LogP contribution in [-0.2, 0) is 4.74 Å². The van der Waals surface area contributed by atoms with Crippen molar-refractivity contribution in [3.05, 3.63) is 41.4 Å². The number of fused-ring (bicyclic) bond motifs is 1. The van der Waals surface area contributed by atoms with E-state index in [1.54, 1.807) is 5.38 Å². The molecular formula is C18H21N3O2S. The van der Waals surface area contributed by atoms with Crippen molar-refractivity contribution in [1.29, 1.82) is 0 Å². The number of amides is 1. The quantitative estimate of drug-likeness (QED) is 0.641. The predicted octanol–water partition coefficient (Wildman–Crippen LogP) is 3.84. The zero-order valence-electron chi connectivity index (χ0n) is 13.8. The van der Waals surface area contributed by atoms with Crippen molar-refractivity contribution in [2.24, 2.45) is 0 Å². The van der Waals surface area contributed by atoms with Gasteiger partial charge in [0.15, 0.2) is 0 Å². The number of ether oxygens (including phenoxy) is 1. The van der Waals surface area contributed by atoms with Crippen molar-refractivity contribution in [3.8, 4) is 10.7 Å². The Bertz CT molecular complexity index is 789. The summed E-state index contributed by atoms with van der Waals surface area (Å²) in [6.45, 7) is 5.24. The number of hydrogen-bond acceptors (Lipinski definition) is 4. The van der Waals surface area contributed by atoms with Crippen LogP contribution < -0.4 is 5.32 Å². The van der Waals surface area contributed by atoms with Gasteiger partial charge in [-0.25, -0.2) is 4.98 Å². The van der Waals surface area contributed by atoms with Crippen LogP contribution in [0, 0.1) is 0 Å². The smallest absolute Gasteiger partial charge is 0.270 e. The number of H-pyrrole nitrogens is 1. The van der Waals surface area contributed by atoms with Gasteiger partial charge in [0.1, 0.15) is 10.7 Å². The average Bonchev–Trinajstić information content (AvgIpc) is 3.20. The Labute approximate surface area is 145 Å². The first-order valence-corrected chi connectivity index (χ1v) is 8.95. The molecule has 0 radical (unpaired) electrons. The molecule has 0 aliphatic carbocycles. The third-order valence-electron chi connectivity index (χ3n) is 3.56. The van der Waals surface area contributed by atoms with E-state index in [9.17, 15) is 4.79 Å². The second-order valence-corrected chi connectivity index (χ2v) is 6.70. The maximum absolute atomic E-state index is 12.1. The number of para-hydroxylation sites is 1. The average molecular weight is 343 g/mol. The molecule has 1 aromatic carbocycles. The van der Waals surface area contributed by atoms with Crippen molar-refractivity contribution in [2.45, 2.75) is 26.4 Å². The molecule has 0 saturated carbocycles. The maximum Gasteiger partial charge on any atom is 0.270 e. The lowest BCUT2D eigenvalue weighted by Gasteiger charge is -2.07. The number of rotatable bonds is 7. The van der Waals surface area contributed by atoms with Gasteiger partial charge < -0.3 is 15.0 Å². The lowest BCUT2D eigenvalue weighted by Crippen LogP contribution is -2.25. The molecule has 3 aromatic rings. The van der Waals surface area contributed by atoms with Gasteiger partial charge >= 0.3 is 0 Å². The van der Waals surface area contributed by atoms with E-state index in [4.69, 9.17) is 4.74 Å². The van der Waals surface area contributed by atoms with Gasteiger partial charge in [-0.15, -0.1) is 11.3 Å². The molecule has 0 spiro atoms. The zero-order chi connectivity index (χ0) is 16.9. The number of benzene rings is 1. The third-order valence-corrected chi connectivity index (χ3v) is 4.43. The number of carbonyl (C=O) groups is 1. The minimum Gasteiger partial charge on any atom is -0.379 e. The van der Waals surface area contributed by atoms with Gasteiger partial charge in [0, 0.05) is 29.4 Å². The fourth-order valence-corrected chi connectivity index (χ4v) is 3.14. The summed E-state index contributed by atoms with van der Waals surface area (Å²) in [6.07, 6.45) is 1.02. The Morgan fingerprint density at radius 2 is 2.21 bits per heavy atom. The highest BCUT2D eigenvalue weighted by Gasteiger charge is 2.13. The number of carbonyl (C=O) groups excluding carboxylic acids is 1. The molecule has 3 rings (SSSR count). The first kappa shape index (κ1) is 16.7. The van der Waals surface area contributed by atoms with E-state index >= 15 is 0 Å². The highest BCUT2D eigenvalue weighted by atomic mass is 32.1. The molecule has 24 heavy (non-hydrogen) atoms. The van der Waals surface area contributed by atoms with Gasteiger partial charge in [-0.1, -0.05) is 18.2 Å². The Balaban J connectivity index is 1.59. The second kappa shape index (κ2) is 7.59. The SMILES string of the molecule is CC(C)OCCCNC(=O)c1csc(-c2cc3ccccc3[nH]2)n1. The van der Waals surface area contributed by atoms with Gasteiger partial charge in [-0.2, -0.15) is 0 Å². The minimum absolute atomic E-state index is 0.141. The van der Waals surface area contributed by atoms with E-state index in [2.05, 4.69) is 27.4 Å². The van der Waals surface area contributed by atoms with Crippen LogP contribution >= 0.6 is 11.3 Å². The summed E-state index contributed by atoms with van der Waals surface area (Å²) >= 11 is 1.47. The van der Waals surface area contributed by atoms with Crippen LogP contribution in [0.25, 0.3) is 21.6 Å². The molecule has 5 nitrogen and oxygen atoms in total. The molecule has 2 heterocycles. The zero-order valence-corrected chi connectivity index (χ0v) is 14.7. The number of hydrogen-bond donors (Lipinski definition) is 2. The lowest BCUT2D eigenvalue weighted by molar-refractivity contribution is 0.0756. The van der Waals surface area contributed by atoms with E-state index in [0.717, 1.165) is 28.0 Å². The second-order valence-electron chi connectivity index (χ2n) is 5.84. The first-order chi connectivity index (χ1) is 11.6. The Morgan fingerprint density at radius 1 is 1.38 bits per heavy atom. The minimum atomic E-state index is -0.141. The summed E-state index contributed by atoms with van der Waals surface area (Å²) in [5, 5.41) is 6.63. The molecule has 126 valence electrons. The van der Waals surface area contributed by atoms with Crippen molar-refractivity contribution in [1.82, 2.24) is 15.3 Å². The molecule has 2 aromatic heterocycles. The van der Waals surface area contributed by atoms with Gasteiger partial charge in [-0.3, -0.25) is 4.79 Å². The molecule has 0 bridgehead atoms. The summed E-state index contributed by atoms with van der Waals surface area (Å²) in [5.74, 6) is -0.141. The summed E-state index contributed by atoms with van der Waals surface area (Å²) in [7, 11) is 0. The molecule has 0 aliphatic rings. The number of aromatic amines is 1. The van der Waals surface area contributed by atoms with E-state index in [-0.39, 0.29) is 12.0 Å². The van der Waals surface area contributed by atoms with Crippen LogP contribution in [-0.4, -0.2) is 35.1 Å². The van der Waals surface area contributed by atoms with Gasteiger partial charge in [0.05, 0.1) is 11.8 Å². The molecule has 0 aliphatic heterocycles. The summed E-state index contributed by atoms with van der Waals surface area (Å²) in [6, 6.07) is 10.1. The maximum atomic E-state index is 12.1. The van der Waals surface area contributed by atoms with Crippen LogP contribution in [0.2, 0.25) is 0 Å². The van der Waals surface area contributed by atoms with Crippen molar-refractivity contribution in [2.75, 3.05) is 13.2 Å². The molecule has 1 amide bonds. The Kier molecular flexibility index (Phi) is 5.27. The number of nitrogens with one attached hydrogen (secondary N) is 2. The van der Waals surface area contributed by atoms with Crippen molar-refractivity contribution < 1.29 is 9.53 Å². The molecule has 0 unspecified atom stereocenters. The van der Waals surface area contributed by atoms with Gasteiger partial charge in [0.2, 0.25) is 0 Å². The van der Waals surface area contributed by atoms with Crippen LogP contribution in [0.5, 0.6) is 0 Å².